The van der Waals surface area contributed by atoms with Crippen molar-refractivity contribution >= 4 is 27.5 Å². The average molecular weight is 581 g/mol. The van der Waals surface area contributed by atoms with Crippen LogP contribution in [0.25, 0.3) is 21.0 Å². The summed E-state index contributed by atoms with van der Waals surface area (Å²) in [5, 5.41) is 0.355. The van der Waals surface area contributed by atoms with Crippen molar-refractivity contribution in [1.29, 1.82) is 0 Å². The summed E-state index contributed by atoms with van der Waals surface area (Å²) in [6, 6.07) is 7.51. The molecule has 0 unspecified atom stereocenters. The van der Waals surface area contributed by atoms with E-state index in [1.807, 2.05) is 45.0 Å². The number of aryl methyl sites for hydroxylation is 1. The van der Waals surface area contributed by atoms with Crippen LogP contribution in [0.15, 0.2) is 50.7 Å². The zero-order chi connectivity index (χ0) is 29.5. The average Bonchev–Trinajstić information content (AvgIpc) is 3.71. The van der Waals surface area contributed by atoms with Gasteiger partial charge in [-0.2, -0.15) is 0 Å². The van der Waals surface area contributed by atoms with Gasteiger partial charge in [0.05, 0.1) is 36.2 Å². The minimum Gasteiger partial charge on any atom is -0.496 e. The molecule has 3 aromatic heterocycles. The van der Waals surface area contributed by atoms with Crippen molar-refractivity contribution in [3.63, 3.8) is 0 Å². The number of hydrogen-bond donors (Lipinski definition) is 0. The number of rotatable bonds is 9. The maximum Gasteiger partial charge on any atom is 0.333 e. The minimum atomic E-state index is -1.41. The van der Waals surface area contributed by atoms with Crippen LogP contribution in [-0.4, -0.2) is 51.2 Å². The maximum absolute atomic E-state index is 14.4. The van der Waals surface area contributed by atoms with Crippen molar-refractivity contribution in [2.24, 2.45) is 0 Å². The second kappa shape index (κ2) is 11.3. The molecule has 1 aliphatic heterocycles. The first-order valence-electron chi connectivity index (χ1n) is 13.8. The number of benzene rings is 1. The Morgan fingerprint density at radius 1 is 1.17 bits per heavy atom. The van der Waals surface area contributed by atoms with E-state index in [0.717, 1.165) is 23.0 Å². The van der Waals surface area contributed by atoms with Gasteiger partial charge in [0, 0.05) is 18.7 Å². The third-order valence-corrected chi connectivity index (χ3v) is 8.89. The van der Waals surface area contributed by atoms with Crippen molar-refractivity contribution in [2.75, 3.05) is 20.2 Å². The number of amides is 1. The fourth-order valence-electron chi connectivity index (χ4n) is 5.58. The molecule has 0 spiro atoms. The summed E-state index contributed by atoms with van der Waals surface area (Å²) in [7, 11) is 1.59. The van der Waals surface area contributed by atoms with Crippen molar-refractivity contribution in [1.82, 2.24) is 19.0 Å². The smallest absolute Gasteiger partial charge is 0.333 e. The van der Waals surface area contributed by atoms with Crippen LogP contribution in [0, 0.1) is 6.92 Å². The quantitative estimate of drug-likeness (QED) is 0.282. The highest BCUT2D eigenvalue weighted by Crippen LogP contribution is 2.37. The summed E-state index contributed by atoms with van der Waals surface area (Å²) in [5.74, 6) is 0.740. The van der Waals surface area contributed by atoms with E-state index in [4.69, 9.17) is 13.9 Å². The number of carbonyl (C=O) groups excluding carboxylic acids is 1. The Morgan fingerprint density at radius 3 is 2.51 bits per heavy atom. The van der Waals surface area contributed by atoms with Gasteiger partial charge in [-0.05, 0) is 59.1 Å². The molecule has 0 saturated carbocycles. The minimum absolute atomic E-state index is 0.0904. The van der Waals surface area contributed by atoms with E-state index in [1.165, 1.54) is 23.8 Å². The molecule has 1 atom stereocenters. The van der Waals surface area contributed by atoms with Gasteiger partial charge in [-0.15, -0.1) is 11.3 Å². The third-order valence-electron chi connectivity index (χ3n) is 7.59. The molecule has 0 bridgehead atoms. The summed E-state index contributed by atoms with van der Waals surface area (Å²) in [6.07, 6.45) is 4.06. The lowest BCUT2D eigenvalue weighted by molar-refractivity contribution is -0.138. The monoisotopic (exact) mass is 580 g/mol. The second-order valence-electron chi connectivity index (χ2n) is 11.1. The van der Waals surface area contributed by atoms with Crippen LogP contribution in [0.2, 0.25) is 0 Å². The van der Waals surface area contributed by atoms with E-state index in [2.05, 4.69) is 4.98 Å². The van der Waals surface area contributed by atoms with Gasteiger partial charge in [-0.25, -0.2) is 14.3 Å². The van der Waals surface area contributed by atoms with Crippen LogP contribution >= 0.6 is 11.3 Å². The lowest BCUT2D eigenvalue weighted by Crippen LogP contribution is -2.56. The highest BCUT2D eigenvalue weighted by atomic mass is 32.1. The van der Waals surface area contributed by atoms with Crippen molar-refractivity contribution in [3.05, 3.63) is 68.7 Å². The molecular formula is C30H36N4O6S. The highest BCUT2D eigenvalue weighted by Gasteiger charge is 2.39. The molecule has 1 aromatic carbocycles. The van der Waals surface area contributed by atoms with Crippen molar-refractivity contribution in [3.8, 4) is 16.5 Å². The van der Waals surface area contributed by atoms with Crippen LogP contribution in [0.3, 0.4) is 0 Å². The third kappa shape index (κ3) is 5.12. The predicted octanol–water partition coefficient (Wildman–Crippen LogP) is 4.72. The zero-order valence-corrected chi connectivity index (χ0v) is 25.1. The number of likely N-dealkylation sites (tertiary alicyclic amines) is 1. The Labute approximate surface area is 242 Å². The fraction of sp³-hybridized carbons (Fsp3) is 0.467. The normalized spacial score (nSPS) is 14.8. The summed E-state index contributed by atoms with van der Waals surface area (Å²) in [6.45, 7) is 10.3. The second-order valence-corrected chi connectivity index (χ2v) is 12.1. The van der Waals surface area contributed by atoms with E-state index in [9.17, 15) is 14.4 Å². The van der Waals surface area contributed by atoms with Gasteiger partial charge >= 0.3 is 5.69 Å². The lowest BCUT2D eigenvalue weighted by atomic mass is 10.0. The number of thiophene rings is 1. The van der Waals surface area contributed by atoms with Gasteiger partial charge in [-0.3, -0.25) is 14.2 Å². The van der Waals surface area contributed by atoms with Crippen molar-refractivity contribution < 1.29 is 18.7 Å². The molecule has 1 fully saturated rings. The fourth-order valence-corrected chi connectivity index (χ4v) is 6.83. The first-order chi connectivity index (χ1) is 19.6. The predicted molar refractivity (Wildman–Crippen MR) is 158 cm³/mol. The van der Waals surface area contributed by atoms with E-state index >= 15 is 0 Å². The van der Waals surface area contributed by atoms with Crippen LogP contribution < -0.4 is 16.0 Å². The van der Waals surface area contributed by atoms with E-state index in [0.29, 0.717) is 45.4 Å². The topological polar surface area (TPSA) is 109 Å². The SMILES string of the molecule is COc1ccccc1[C@@H](Cn1c(=O)n(C(C)(C)C(=O)N2CCCC2)c(=O)c2c(C)c(-c3ncco3)sc21)OC(C)C. The van der Waals surface area contributed by atoms with Gasteiger partial charge in [0.2, 0.25) is 11.8 Å². The van der Waals surface area contributed by atoms with Gasteiger partial charge in [0.15, 0.2) is 0 Å². The number of fused-ring (bicyclic) bond motifs is 1. The number of para-hydroxylation sites is 1. The molecule has 5 rings (SSSR count). The van der Waals surface area contributed by atoms with Crippen molar-refractivity contribution in [2.45, 2.75) is 71.8 Å². The molecule has 4 aromatic rings. The molecule has 1 amide bonds. The van der Waals surface area contributed by atoms with E-state index in [1.54, 1.807) is 30.4 Å². The van der Waals surface area contributed by atoms with Gasteiger partial charge < -0.3 is 18.8 Å². The molecule has 11 heteroatoms. The van der Waals surface area contributed by atoms with Crippen LogP contribution in [0.1, 0.15) is 57.8 Å². The molecule has 1 aliphatic rings. The number of hydrogen-bond acceptors (Lipinski definition) is 8. The molecule has 0 aliphatic carbocycles. The maximum atomic E-state index is 14.4. The van der Waals surface area contributed by atoms with E-state index < -0.39 is 22.9 Å². The lowest BCUT2D eigenvalue weighted by Gasteiger charge is -2.31. The van der Waals surface area contributed by atoms with Crippen LogP contribution in [0.4, 0.5) is 0 Å². The zero-order valence-electron chi connectivity index (χ0n) is 24.3. The molecule has 1 saturated heterocycles. The first-order valence-corrected chi connectivity index (χ1v) is 14.6. The van der Waals surface area contributed by atoms with E-state index in [-0.39, 0.29) is 18.6 Å². The number of ether oxygens (including phenoxy) is 2. The van der Waals surface area contributed by atoms with Crippen LogP contribution in [-0.2, 0) is 21.6 Å². The number of carbonyl (C=O) groups is 1. The largest absolute Gasteiger partial charge is 0.496 e. The summed E-state index contributed by atoms with van der Waals surface area (Å²) in [4.78, 5) is 49.5. The Bertz CT molecular complexity index is 1680. The van der Waals surface area contributed by atoms with Gasteiger partial charge in [-0.1, -0.05) is 18.2 Å². The first kappa shape index (κ1) is 28.8. The van der Waals surface area contributed by atoms with Gasteiger partial charge in [0.25, 0.3) is 5.56 Å². The molecule has 0 N–H and O–H groups in total. The number of aromatic nitrogens is 3. The highest BCUT2D eigenvalue weighted by molar-refractivity contribution is 7.22. The number of methoxy groups -OCH3 is 1. The Kier molecular flexibility index (Phi) is 7.93. The Hall–Kier alpha value is -3.70. The molecule has 10 nitrogen and oxygen atoms in total. The molecule has 41 heavy (non-hydrogen) atoms. The number of nitrogens with zero attached hydrogens (tertiary/aromatic N) is 4. The standard InChI is InChI=1S/C30H36N4O6S/c1-18(2)40-22(20-11-7-8-12-21(20)38-6)17-33-27-23(19(3)24(41-27)25-31-13-16-39-25)26(35)34(29(33)37)30(4,5)28(36)32-14-9-10-15-32/h7-8,11-13,16,18,22H,9-10,14-15,17H2,1-6H3/t22-/m1/s1. The Morgan fingerprint density at radius 2 is 1.88 bits per heavy atom. The summed E-state index contributed by atoms with van der Waals surface area (Å²) in [5.41, 5.74) is -1.08. The molecule has 4 heterocycles. The molecule has 218 valence electrons. The summed E-state index contributed by atoms with van der Waals surface area (Å²) >= 11 is 1.27. The van der Waals surface area contributed by atoms with Gasteiger partial charge in [0.1, 0.15) is 28.5 Å². The molecular weight excluding hydrogens is 544 g/mol. The number of oxazole rings is 1. The van der Waals surface area contributed by atoms with Crippen LogP contribution in [0.5, 0.6) is 5.75 Å². The summed E-state index contributed by atoms with van der Waals surface area (Å²) < 4.78 is 20.2. The Balaban J connectivity index is 1.78. The molecule has 0 radical (unpaired) electrons.